The van der Waals surface area contributed by atoms with Gasteiger partial charge in [0, 0.05) is 29.0 Å². The third-order valence-corrected chi connectivity index (χ3v) is 8.01. The number of thiocarbonyl (C=S) groups is 1. The number of aryl methyl sites for hydroxylation is 2. The highest BCUT2D eigenvalue weighted by atomic mass is 32.2. The summed E-state index contributed by atoms with van der Waals surface area (Å²) >= 11 is 5.82. The molecule has 0 amide bonds. The van der Waals surface area contributed by atoms with Gasteiger partial charge in [-0.25, -0.2) is 8.42 Å². The van der Waals surface area contributed by atoms with Crippen molar-refractivity contribution in [2.75, 3.05) is 15.9 Å². The van der Waals surface area contributed by atoms with Crippen molar-refractivity contribution in [2.45, 2.75) is 39.0 Å². The van der Waals surface area contributed by atoms with Crippen LogP contribution >= 0.6 is 12.2 Å². The Bertz CT molecular complexity index is 1740. The number of aromatic nitrogens is 2. The molecule has 2 atom stereocenters. The molecule has 2 N–H and O–H groups in total. The molecule has 2 aromatic heterocycles. The first-order valence-electron chi connectivity index (χ1n) is 12.7. The number of halogens is 3. The van der Waals surface area contributed by atoms with E-state index in [4.69, 9.17) is 12.2 Å². The molecule has 7 nitrogen and oxygen atoms in total. The van der Waals surface area contributed by atoms with Crippen molar-refractivity contribution >= 4 is 38.7 Å². The van der Waals surface area contributed by atoms with Crippen LogP contribution in [-0.2, 0) is 16.2 Å². The topological polar surface area (TPSA) is 79.3 Å². The quantitative estimate of drug-likeness (QED) is 0.251. The largest absolute Gasteiger partial charge is 0.416 e. The van der Waals surface area contributed by atoms with Gasteiger partial charge in [0.1, 0.15) is 0 Å². The van der Waals surface area contributed by atoms with Crippen LogP contribution in [0.15, 0.2) is 72.9 Å². The molecule has 12 heteroatoms. The molecule has 3 heterocycles. The Morgan fingerprint density at radius 3 is 2.37 bits per heavy atom. The molecule has 0 saturated carbocycles. The van der Waals surface area contributed by atoms with Crippen molar-refractivity contribution < 1.29 is 21.6 Å². The summed E-state index contributed by atoms with van der Waals surface area (Å²) in [7, 11) is -3.47. The number of rotatable bonds is 6. The third kappa shape index (κ3) is 5.66. The molecule has 1 aliphatic rings. The van der Waals surface area contributed by atoms with E-state index in [-0.39, 0.29) is 6.04 Å². The average molecular weight is 600 g/mol. The summed E-state index contributed by atoms with van der Waals surface area (Å²) in [6.07, 6.45) is -1.68. The van der Waals surface area contributed by atoms with Crippen molar-refractivity contribution in [1.82, 2.24) is 14.9 Å². The van der Waals surface area contributed by atoms with Crippen molar-refractivity contribution in [3.05, 3.63) is 107 Å². The van der Waals surface area contributed by atoms with Crippen LogP contribution in [0.5, 0.6) is 0 Å². The smallest absolute Gasteiger partial charge is 0.351 e. The standard InChI is InChI=1S/C29H28F3N5O2S2/c1-17-14-22(11-12-24(17)35-41(4,38)39)37-27(26(34-28(37)40)25-10-5-6-13-33-25)23-15-18(2)36(19(23)3)21-9-7-8-20(16-21)29(30,31)32/h5-16,26-27,35H,1-4H3,(H,34,40)/t26-,27-/m0/s1. The van der Waals surface area contributed by atoms with E-state index in [0.717, 1.165) is 46.7 Å². The van der Waals surface area contributed by atoms with E-state index in [0.29, 0.717) is 22.1 Å². The number of sulfonamides is 1. The molecule has 2 aromatic carbocycles. The van der Waals surface area contributed by atoms with Crippen molar-refractivity contribution in [1.29, 1.82) is 0 Å². The normalized spacial score (nSPS) is 17.5. The molecule has 1 aliphatic heterocycles. The Labute approximate surface area is 242 Å². The second-order valence-corrected chi connectivity index (χ2v) is 12.2. The van der Waals surface area contributed by atoms with Gasteiger partial charge in [0.15, 0.2) is 5.11 Å². The van der Waals surface area contributed by atoms with Gasteiger partial charge in [0.2, 0.25) is 10.0 Å². The summed E-state index contributed by atoms with van der Waals surface area (Å²) in [6.45, 7) is 5.53. The number of hydrogen-bond acceptors (Lipinski definition) is 4. The number of benzene rings is 2. The Hall–Kier alpha value is -3.90. The molecular weight excluding hydrogens is 571 g/mol. The summed E-state index contributed by atoms with van der Waals surface area (Å²) < 4.78 is 68.6. The minimum Gasteiger partial charge on any atom is -0.351 e. The second-order valence-electron chi connectivity index (χ2n) is 10.1. The van der Waals surface area contributed by atoms with E-state index in [9.17, 15) is 21.6 Å². The molecule has 0 unspecified atom stereocenters. The van der Waals surface area contributed by atoms with Crippen LogP contribution in [-0.4, -0.2) is 29.3 Å². The zero-order valence-corrected chi connectivity index (χ0v) is 24.3. The monoisotopic (exact) mass is 599 g/mol. The number of alkyl halides is 3. The van der Waals surface area contributed by atoms with Gasteiger partial charge in [-0.2, -0.15) is 13.2 Å². The minimum absolute atomic E-state index is 0.367. The lowest BCUT2D eigenvalue weighted by atomic mass is 9.96. The molecule has 1 fully saturated rings. The molecule has 0 spiro atoms. The van der Waals surface area contributed by atoms with E-state index in [1.807, 2.05) is 53.6 Å². The fourth-order valence-corrected chi connectivity index (χ4v) is 6.34. The first-order valence-corrected chi connectivity index (χ1v) is 15.0. The molecule has 214 valence electrons. The minimum atomic E-state index is -4.47. The summed E-state index contributed by atoms with van der Waals surface area (Å²) in [6, 6.07) is 17.4. The summed E-state index contributed by atoms with van der Waals surface area (Å²) in [4.78, 5) is 6.52. The van der Waals surface area contributed by atoms with Crippen LogP contribution in [0.1, 0.15) is 45.9 Å². The van der Waals surface area contributed by atoms with Crippen LogP contribution in [0.4, 0.5) is 24.5 Å². The molecule has 41 heavy (non-hydrogen) atoms. The predicted molar refractivity (Wildman–Crippen MR) is 158 cm³/mol. The van der Waals surface area contributed by atoms with E-state index in [1.165, 1.54) is 6.07 Å². The molecule has 0 radical (unpaired) electrons. The van der Waals surface area contributed by atoms with E-state index in [2.05, 4.69) is 15.0 Å². The lowest BCUT2D eigenvalue weighted by Gasteiger charge is -2.29. The Kier molecular flexibility index (Phi) is 7.33. The van der Waals surface area contributed by atoms with E-state index in [1.54, 1.807) is 31.3 Å². The number of nitrogens with one attached hydrogen (secondary N) is 2. The number of anilines is 2. The van der Waals surface area contributed by atoms with Crippen molar-refractivity contribution in [3.63, 3.8) is 0 Å². The lowest BCUT2D eigenvalue weighted by molar-refractivity contribution is -0.137. The van der Waals surface area contributed by atoms with Gasteiger partial charge in [-0.05, 0) is 98.7 Å². The zero-order chi connectivity index (χ0) is 29.7. The maximum absolute atomic E-state index is 13.5. The molecule has 1 saturated heterocycles. The van der Waals surface area contributed by atoms with Crippen molar-refractivity contribution in [3.8, 4) is 5.69 Å². The van der Waals surface area contributed by atoms with Gasteiger partial charge >= 0.3 is 6.18 Å². The summed E-state index contributed by atoms with van der Waals surface area (Å²) in [5, 5.41) is 3.83. The lowest BCUT2D eigenvalue weighted by Crippen LogP contribution is -2.29. The Morgan fingerprint density at radius 2 is 1.73 bits per heavy atom. The highest BCUT2D eigenvalue weighted by Gasteiger charge is 2.42. The zero-order valence-electron chi connectivity index (χ0n) is 22.7. The van der Waals surface area contributed by atoms with Gasteiger partial charge in [0.25, 0.3) is 0 Å². The van der Waals surface area contributed by atoms with Crippen molar-refractivity contribution in [2.24, 2.45) is 0 Å². The first-order chi connectivity index (χ1) is 19.2. The molecule has 0 bridgehead atoms. The van der Waals surface area contributed by atoms with Crippen LogP contribution in [0.2, 0.25) is 0 Å². The number of pyridine rings is 1. The molecule has 0 aliphatic carbocycles. The van der Waals surface area contributed by atoms with Gasteiger partial charge in [-0.15, -0.1) is 0 Å². The summed E-state index contributed by atoms with van der Waals surface area (Å²) in [5.41, 5.74) is 4.69. The Balaban J connectivity index is 1.65. The second kappa shape index (κ2) is 10.5. The average Bonchev–Trinajstić information content (AvgIpc) is 3.39. The maximum Gasteiger partial charge on any atom is 0.416 e. The summed E-state index contributed by atoms with van der Waals surface area (Å²) in [5.74, 6) is 0. The molecule has 5 rings (SSSR count). The van der Waals surface area contributed by atoms with E-state index < -0.39 is 27.8 Å². The van der Waals surface area contributed by atoms with Crippen LogP contribution in [0.3, 0.4) is 0 Å². The van der Waals surface area contributed by atoms with Gasteiger partial charge in [0.05, 0.1) is 35.3 Å². The highest BCUT2D eigenvalue weighted by molar-refractivity contribution is 7.92. The molecular formula is C29H28F3N5O2S2. The van der Waals surface area contributed by atoms with Crippen LogP contribution < -0.4 is 14.9 Å². The highest BCUT2D eigenvalue weighted by Crippen LogP contribution is 2.44. The number of nitrogens with zero attached hydrogens (tertiary/aromatic N) is 3. The predicted octanol–water partition coefficient (Wildman–Crippen LogP) is 6.36. The van der Waals surface area contributed by atoms with E-state index >= 15 is 0 Å². The third-order valence-electron chi connectivity index (χ3n) is 7.10. The maximum atomic E-state index is 13.5. The SMILES string of the molecule is Cc1cc(N2C(=S)N[C@@H](c3ccccn3)[C@@H]2c2cc(C)n(-c3cccc(C(F)(F)F)c3)c2C)ccc1NS(C)(=O)=O. The van der Waals surface area contributed by atoms with Gasteiger partial charge < -0.3 is 14.8 Å². The van der Waals surface area contributed by atoms with Crippen LogP contribution in [0.25, 0.3) is 5.69 Å². The fraction of sp³-hybridized carbons (Fsp3) is 0.241. The van der Waals surface area contributed by atoms with Crippen LogP contribution in [0, 0.1) is 20.8 Å². The first kappa shape index (κ1) is 28.6. The Morgan fingerprint density at radius 1 is 0.976 bits per heavy atom. The fourth-order valence-electron chi connectivity index (χ4n) is 5.37. The van der Waals surface area contributed by atoms with Gasteiger partial charge in [-0.3, -0.25) is 9.71 Å². The van der Waals surface area contributed by atoms with Gasteiger partial charge in [-0.1, -0.05) is 12.1 Å². The number of hydrogen-bond donors (Lipinski definition) is 2. The molecule has 4 aromatic rings.